The van der Waals surface area contributed by atoms with Crippen LogP contribution >= 0.6 is 0 Å². The molecule has 1 aromatic carbocycles. The van der Waals surface area contributed by atoms with Crippen LogP contribution in [0.25, 0.3) is 11.0 Å². The minimum atomic E-state index is -3.43. The van der Waals surface area contributed by atoms with Crippen molar-refractivity contribution in [1.29, 1.82) is 0 Å². The molecular weight excluding hydrogens is 316 g/mol. The first-order chi connectivity index (χ1) is 11.1. The average molecular weight is 332 g/mol. The number of nitrogens with zero attached hydrogens (tertiary/aromatic N) is 4. The number of benzene rings is 1. The third-order valence-corrected chi connectivity index (χ3v) is 5.95. The molecule has 23 heavy (non-hydrogen) atoms. The minimum Gasteiger partial charge on any atom is -0.356 e. The van der Waals surface area contributed by atoms with Gasteiger partial charge in [0.2, 0.25) is 10.0 Å². The van der Waals surface area contributed by atoms with Gasteiger partial charge in [-0.3, -0.25) is 4.68 Å². The van der Waals surface area contributed by atoms with Crippen molar-refractivity contribution in [2.75, 3.05) is 13.1 Å². The summed E-state index contributed by atoms with van der Waals surface area (Å²) in [5, 5.41) is 8.87. The summed E-state index contributed by atoms with van der Waals surface area (Å²) in [4.78, 5) is 0. The topological polar surface area (TPSA) is 81.2 Å². The van der Waals surface area contributed by atoms with Crippen LogP contribution in [0.15, 0.2) is 47.2 Å². The molecule has 8 heteroatoms. The molecule has 0 bridgehead atoms. The summed E-state index contributed by atoms with van der Waals surface area (Å²) >= 11 is 0. The van der Waals surface area contributed by atoms with Gasteiger partial charge in [-0.1, -0.05) is 17.3 Å². The van der Waals surface area contributed by atoms with E-state index in [9.17, 15) is 8.42 Å². The second-order valence-corrected chi connectivity index (χ2v) is 7.64. The zero-order valence-electron chi connectivity index (χ0n) is 12.4. The molecule has 1 saturated heterocycles. The Kier molecular flexibility index (Phi) is 3.42. The predicted molar refractivity (Wildman–Crippen MR) is 84.1 cm³/mol. The molecule has 2 aromatic heterocycles. The second kappa shape index (κ2) is 5.47. The van der Waals surface area contributed by atoms with Crippen LogP contribution in [-0.2, 0) is 15.8 Å². The summed E-state index contributed by atoms with van der Waals surface area (Å²) in [6.45, 7) is 0.947. The molecule has 1 aliphatic rings. The zero-order valence-corrected chi connectivity index (χ0v) is 13.2. The Morgan fingerprint density at radius 1 is 1.26 bits per heavy atom. The highest BCUT2D eigenvalue weighted by Crippen LogP contribution is 2.26. The van der Waals surface area contributed by atoms with Gasteiger partial charge in [-0.05, 0) is 24.6 Å². The number of para-hydroxylation sites is 1. The number of rotatable bonds is 4. The molecule has 1 aliphatic heterocycles. The minimum absolute atomic E-state index is 0.0915. The highest BCUT2D eigenvalue weighted by atomic mass is 32.2. The van der Waals surface area contributed by atoms with E-state index >= 15 is 0 Å². The van der Waals surface area contributed by atoms with Gasteiger partial charge in [0, 0.05) is 30.9 Å². The molecule has 0 amide bonds. The number of hydrogen-bond donors (Lipinski definition) is 0. The van der Waals surface area contributed by atoms with E-state index in [4.69, 9.17) is 4.52 Å². The summed E-state index contributed by atoms with van der Waals surface area (Å²) < 4.78 is 33.9. The van der Waals surface area contributed by atoms with Gasteiger partial charge in [0.05, 0.1) is 6.04 Å². The van der Waals surface area contributed by atoms with Crippen molar-refractivity contribution in [3.8, 4) is 0 Å². The molecule has 0 aliphatic carbocycles. The Hall–Kier alpha value is -2.19. The summed E-state index contributed by atoms with van der Waals surface area (Å²) in [5.74, 6) is -0.143. The van der Waals surface area contributed by atoms with E-state index in [1.54, 1.807) is 12.3 Å². The Balaban J connectivity index is 1.54. The molecule has 3 heterocycles. The molecule has 3 aromatic rings. The van der Waals surface area contributed by atoms with E-state index in [0.717, 1.165) is 11.8 Å². The monoisotopic (exact) mass is 332 g/mol. The van der Waals surface area contributed by atoms with Gasteiger partial charge in [0.15, 0.2) is 5.58 Å². The number of aromatic nitrogens is 3. The van der Waals surface area contributed by atoms with Crippen molar-refractivity contribution in [1.82, 2.24) is 19.2 Å². The highest BCUT2D eigenvalue weighted by molar-refractivity contribution is 7.88. The van der Waals surface area contributed by atoms with Gasteiger partial charge < -0.3 is 4.52 Å². The van der Waals surface area contributed by atoms with Crippen LogP contribution in [0.1, 0.15) is 18.2 Å². The van der Waals surface area contributed by atoms with E-state index < -0.39 is 10.0 Å². The number of sulfonamides is 1. The molecule has 1 atom stereocenters. The molecule has 120 valence electrons. The standard InChI is InChI=1S/C15H16N4O3S/c20-23(21,11-14-13-4-1-2-5-15(13)22-17-14)18-9-6-12(10-18)19-8-3-7-16-19/h1-5,7-8,12H,6,9-11H2. The quantitative estimate of drug-likeness (QED) is 0.728. The Bertz CT molecular complexity index is 917. The van der Waals surface area contributed by atoms with E-state index in [-0.39, 0.29) is 11.8 Å². The van der Waals surface area contributed by atoms with E-state index in [1.807, 2.05) is 35.1 Å². The third kappa shape index (κ3) is 2.64. The van der Waals surface area contributed by atoms with Crippen LogP contribution in [0.2, 0.25) is 0 Å². The van der Waals surface area contributed by atoms with Gasteiger partial charge in [0.25, 0.3) is 0 Å². The molecule has 7 nitrogen and oxygen atoms in total. The van der Waals surface area contributed by atoms with Crippen molar-refractivity contribution in [2.45, 2.75) is 18.2 Å². The summed E-state index contributed by atoms with van der Waals surface area (Å²) in [7, 11) is -3.43. The molecular formula is C15H16N4O3S. The smallest absolute Gasteiger partial charge is 0.220 e. The Labute approximate surface area is 133 Å². The number of fused-ring (bicyclic) bond motifs is 1. The molecule has 0 radical (unpaired) electrons. The van der Waals surface area contributed by atoms with Crippen molar-refractivity contribution in [3.63, 3.8) is 0 Å². The van der Waals surface area contributed by atoms with Gasteiger partial charge in [0.1, 0.15) is 11.4 Å². The van der Waals surface area contributed by atoms with Crippen LogP contribution < -0.4 is 0 Å². The van der Waals surface area contributed by atoms with Crippen LogP contribution in [0.4, 0.5) is 0 Å². The lowest BCUT2D eigenvalue weighted by Crippen LogP contribution is -2.30. The van der Waals surface area contributed by atoms with Crippen LogP contribution in [0, 0.1) is 0 Å². The molecule has 4 rings (SSSR count). The van der Waals surface area contributed by atoms with Crippen LogP contribution in [0.5, 0.6) is 0 Å². The fraction of sp³-hybridized carbons (Fsp3) is 0.333. The second-order valence-electron chi connectivity index (χ2n) is 5.67. The third-order valence-electron chi connectivity index (χ3n) is 4.19. The lowest BCUT2D eigenvalue weighted by atomic mass is 10.2. The maximum Gasteiger partial charge on any atom is 0.220 e. The Morgan fingerprint density at radius 3 is 2.96 bits per heavy atom. The predicted octanol–water partition coefficient (Wildman–Crippen LogP) is 1.80. The first-order valence-electron chi connectivity index (χ1n) is 7.44. The molecule has 0 N–H and O–H groups in total. The van der Waals surface area contributed by atoms with Crippen molar-refractivity contribution in [2.24, 2.45) is 0 Å². The molecule has 0 saturated carbocycles. The lowest BCUT2D eigenvalue weighted by molar-refractivity contribution is 0.429. The maximum absolute atomic E-state index is 12.7. The number of hydrogen-bond acceptors (Lipinski definition) is 5. The lowest BCUT2D eigenvalue weighted by Gasteiger charge is -2.16. The fourth-order valence-electron chi connectivity index (χ4n) is 2.98. The highest BCUT2D eigenvalue weighted by Gasteiger charge is 2.33. The zero-order chi connectivity index (χ0) is 15.9. The molecule has 1 unspecified atom stereocenters. The first-order valence-corrected chi connectivity index (χ1v) is 9.05. The van der Waals surface area contributed by atoms with Crippen molar-refractivity contribution < 1.29 is 12.9 Å². The van der Waals surface area contributed by atoms with Gasteiger partial charge >= 0.3 is 0 Å². The first kappa shape index (κ1) is 14.4. The SMILES string of the molecule is O=S(=O)(Cc1noc2ccccc12)N1CCC(n2cccn2)C1. The summed E-state index contributed by atoms with van der Waals surface area (Å²) in [5.41, 5.74) is 1.07. The van der Waals surface area contributed by atoms with Crippen LogP contribution in [0.3, 0.4) is 0 Å². The van der Waals surface area contributed by atoms with Crippen molar-refractivity contribution >= 4 is 21.0 Å². The van der Waals surface area contributed by atoms with Gasteiger partial charge in [-0.2, -0.15) is 9.40 Å². The molecule has 0 spiro atoms. The summed E-state index contributed by atoms with van der Waals surface area (Å²) in [6, 6.07) is 9.22. The van der Waals surface area contributed by atoms with Gasteiger partial charge in [-0.25, -0.2) is 8.42 Å². The van der Waals surface area contributed by atoms with E-state index in [0.29, 0.717) is 24.4 Å². The van der Waals surface area contributed by atoms with Crippen LogP contribution in [-0.4, -0.2) is 40.7 Å². The summed E-state index contributed by atoms with van der Waals surface area (Å²) in [6.07, 6.45) is 4.34. The van der Waals surface area contributed by atoms with Gasteiger partial charge in [-0.15, -0.1) is 0 Å². The van der Waals surface area contributed by atoms with E-state index in [1.165, 1.54) is 4.31 Å². The van der Waals surface area contributed by atoms with Crippen molar-refractivity contribution in [3.05, 3.63) is 48.4 Å². The van der Waals surface area contributed by atoms with E-state index in [2.05, 4.69) is 10.3 Å². The molecule has 1 fully saturated rings. The largest absolute Gasteiger partial charge is 0.356 e. The maximum atomic E-state index is 12.7. The Morgan fingerprint density at radius 2 is 2.13 bits per heavy atom. The normalized spacial score (nSPS) is 19.6. The average Bonchev–Trinajstić information content (AvgIpc) is 3.28. The fourth-order valence-corrected chi connectivity index (χ4v) is 4.50.